The van der Waals surface area contributed by atoms with Crippen molar-refractivity contribution in [3.63, 3.8) is 0 Å². The van der Waals surface area contributed by atoms with E-state index in [1.54, 1.807) is 0 Å². The second-order valence-corrected chi connectivity index (χ2v) is 3.99. The second-order valence-electron chi connectivity index (χ2n) is 3.99. The molecule has 0 aliphatic rings. The largest absolute Gasteiger partial charge is 0.326 e. The maximum Gasteiger partial charge on any atom is 0.225 e. The Morgan fingerprint density at radius 3 is 2.88 bits per heavy atom. The molecular formula is C13H16N2O. The Kier molecular flexibility index (Phi) is 4.53. The lowest BCUT2D eigenvalue weighted by atomic mass is 10.0. The molecule has 3 heteroatoms. The molecule has 0 fully saturated rings. The molecule has 0 radical (unpaired) electrons. The molecule has 1 aromatic rings. The Morgan fingerprint density at radius 1 is 1.50 bits per heavy atom. The van der Waals surface area contributed by atoms with E-state index in [1.807, 2.05) is 30.3 Å². The van der Waals surface area contributed by atoms with E-state index in [4.69, 9.17) is 5.26 Å². The minimum Gasteiger partial charge on any atom is -0.326 e. The standard InChI is InChI=1S/C13H16N2O/c1-10(2)11-5-3-6-12(9-11)15-13(16)7-4-8-14/h3,5-6,9-10H,4,7H2,1-2H3,(H,15,16). The fourth-order valence-corrected chi connectivity index (χ4v) is 1.37. The summed E-state index contributed by atoms with van der Waals surface area (Å²) in [5.41, 5.74) is 1.99. The molecule has 0 unspecified atom stereocenters. The van der Waals surface area contributed by atoms with Gasteiger partial charge in [-0.1, -0.05) is 26.0 Å². The van der Waals surface area contributed by atoms with Crippen molar-refractivity contribution in [2.75, 3.05) is 5.32 Å². The molecule has 0 aliphatic heterocycles. The van der Waals surface area contributed by atoms with E-state index in [9.17, 15) is 4.79 Å². The van der Waals surface area contributed by atoms with Crippen LogP contribution in [0.5, 0.6) is 0 Å². The van der Waals surface area contributed by atoms with Gasteiger partial charge < -0.3 is 5.32 Å². The zero-order valence-electron chi connectivity index (χ0n) is 9.66. The minimum absolute atomic E-state index is 0.109. The molecule has 16 heavy (non-hydrogen) atoms. The van der Waals surface area contributed by atoms with Crippen LogP contribution in [0.4, 0.5) is 5.69 Å². The van der Waals surface area contributed by atoms with Crippen LogP contribution in [0, 0.1) is 11.3 Å². The number of carbonyl (C=O) groups is 1. The van der Waals surface area contributed by atoms with Crippen LogP contribution in [0.25, 0.3) is 0 Å². The number of hydrogen-bond donors (Lipinski definition) is 1. The third-order valence-electron chi connectivity index (χ3n) is 2.30. The molecule has 0 aliphatic carbocycles. The first-order valence-electron chi connectivity index (χ1n) is 5.40. The molecule has 1 N–H and O–H groups in total. The average molecular weight is 216 g/mol. The monoisotopic (exact) mass is 216 g/mol. The van der Waals surface area contributed by atoms with Gasteiger partial charge in [-0.15, -0.1) is 0 Å². The lowest BCUT2D eigenvalue weighted by Crippen LogP contribution is -2.10. The van der Waals surface area contributed by atoms with Crippen molar-refractivity contribution in [3.8, 4) is 6.07 Å². The van der Waals surface area contributed by atoms with Gasteiger partial charge in [-0.3, -0.25) is 4.79 Å². The van der Waals surface area contributed by atoms with Crippen LogP contribution >= 0.6 is 0 Å². The highest BCUT2D eigenvalue weighted by atomic mass is 16.1. The fourth-order valence-electron chi connectivity index (χ4n) is 1.37. The summed E-state index contributed by atoms with van der Waals surface area (Å²) in [5, 5.41) is 11.2. The van der Waals surface area contributed by atoms with E-state index >= 15 is 0 Å². The average Bonchev–Trinajstić information content (AvgIpc) is 2.26. The van der Waals surface area contributed by atoms with Gasteiger partial charge in [0.25, 0.3) is 0 Å². The first-order chi connectivity index (χ1) is 7.63. The number of rotatable bonds is 4. The van der Waals surface area contributed by atoms with Crippen molar-refractivity contribution in [2.24, 2.45) is 0 Å². The highest BCUT2D eigenvalue weighted by molar-refractivity contribution is 5.90. The van der Waals surface area contributed by atoms with Gasteiger partial charge in [0.15, 0.2) is 0 Å². The van der Waals surface area contributed by atoms with Crippen LogP contribution in [0.1, 0.15) is 38.2 Å². The molecule has 0 saturated carbocycles. The number of amides is 1. The number of nitrogens with zero attached hydrogens (tertiary/aromatic N) is 1. The summed E-state index contributed by atoms with van der Waals surface area (Å²) in [4.78, 5) is 11.4. The topological polar surface area (TPSA) is 52.9 Å². The van der Waals surface area contributed by atoms with Gasteiger partial charge in [-0.2, -0.15) is 5.26 Å². The number of anilines is 1. The highest BCUT2D eigenvalue weighted by Gasteiger charge is 2.03. The van der Waals surface area contributed by atoms with Crippen LogP contribution in [-0.2, 0) is 4.79 Å². The first kappa shape index (κ1) is 12.3. The zero-order chi connectivity index (χ0) is 12.0. The maximum atomic E-state index is 11.4. The Morgan fingerprint density at radius 2 is 2.25 bits per heavy atom. The molecule has 1 rings (SSSR count). The lowest BCUT2D eigenvalue weighted by molar-refractivity contribution is -0.116. The van der Waals surface area contributed by atoms with Gasteiger partial charge >= 0.3 is 0 Å². The SMILES string of the molecule is CC(C)c1cccc(NC(=O)CCC#N)c1. The van der Waals surface area contributed by atoms with Crippen LogP contribution in [-0.4, -0.2) is 5.91 Å². The molecule has 0 bridgehead atoms. The third-order valence-corrected chi connectivity index (χ3v) is 2.30. The van der Waals surface area contributed by atoms with Crippen molar-refractivity contribution in [1.82, 2.24) is 0 Å². The minimum atomic E-state index is -0.109. The smallest absolute Gasteiger partial charge is 0.225 e. The number of carbonyl (C=O) groups excluding carboxylic acids is 1. The van der Waals surface area contributed by atoms with Gasteiger partial charge in [0, 0.05) is 18.5 Å². The fraction of sp³-hybridized carbons (Fsp3) is 0.385. The summed E-state index contributed by atoms with van der Waals surface area (Å²) < 4.78 is 0. The van der Waals surface area contributed by atoms with E-state index in [0.29, 0.717) is 5.92 Å². The molecule has 0 saturated heterocycles. The molecule has 0 heterocycles. The Hall–Kier alpha value is -1.82. The molecule has 84 valence electrons. The van der Waals surface area contributed by atoms with Gasteiger partial charge in [0.05, 0.1) is 6.07 Å². The maximum absolute atomic E-state index is 11.4. The van der Waals surface area contributed by atoms with Crippen LogP contribution < -0.4 is 5.32 Å². The summed E-state index contributed by atoms with van der Waals surface area (Å²) in [6, 6.07) is 9.74. The van der Waals surface area contributed by atoms with Crippen molar-refractivity contribution in [1.29, 1.82) is 5.26 Å². The second kappa shape index (κ2) is 5.92. The number of nitriles is 1. The van der Waals surface area contributed by atoms with E-state index in [-0.39, 0.29) is 18.7 Å². The predicted octanol–water partition coefficient (Wildman–Crippen LogP) is 3.05. The molecule has 0 spiro atoms. The molecule has 1 amide bonds. The van der Waals surface area contributed by atoms with Crippen LogP contribution in [0.2, 0.25) is 0 Å². The van der Waals surface area contributed by atoms with Crippen molar-refractivity contribution in [2.45, 2.75) is 32.6 Å². The van der Waals surface area contributed by atoms with Crippen LogP contribution in [0.3, 0.4) is 0 Å². The van der Waals surface area contributed by atoms with E-state index in [0.717, 1.165) is 5.69 Å². The molecule has 1 aromatic carbocycles. The molecule has 3 nitrogen and oxygen atoms in total. The quantitative estimate of drug-likeness (QED) is 0.841. The van der Waals surface area contributed by atoms with Gasteiger partial charge in [0.1, 0.15) is 0 Å². The predicted molar refractivity (Wildman–Crippen MR) is 64.0 cm³/mol. The van der Waals surface area contributed by atoms with E-state index in [1.165, 1.54) is 5.56 Å². The summed E-state index contributed by atoms with van der Waals surface area (Å²) in [7, 11) is 0. The summed E-state index contributed by atoms with van der Waals surface area (Å²) >= 11 is 0. The van der Waals surface area contributed by atoms with Crippen molar-refractivity contribution in [3.05, 3.63) is 29.8 Å². The Balaban J connectivity index is 2.64. The third kappa shape index (κ3) is 3.74. The Bertz CT molecular complexity index is 405. The van der Waals surface area contributed by atoms with Crippen molar-refractivity contribution < 1.29 is 4.79 Å². The van der Waals surface area contributed by atoms with Crippen LogP contribution in [0.15, 0.2) is 24.3 Å². The molecular weight excluding hydrogens is 200 g/mol. The van der Waals surface area contributed by atoms with Gasteiger partial charge in [-0.05, 0) is 23.6 Å². The normalized spacial score (nSPS) is 9.88. The van der Waals surface area contributed by atoms with E-state index in [2.05, 4.69) is 19.2 Å². The summed E-state index contributed by atoms with van der Waals surface area (Å²) in [6.07, 6.45) is 0.512. The van der Waals surface area contributed by atoms with Gasteiger partial charge in [0.2, 0.25) is 5.91 Å². The van der Waals surface area contributed by atoms with E-state index < -0.39 is 0 Å². The van der Waals surface area contributed by atoms with Crippen molar-refractivity contribution >= 4 is 11.6 Å². The number of hydrogen-bond acceptors (Lipinski definition) is 2. The van der Waals surface area contributed by atoms with Gasteiger partial charge in [-0.25, -0.2) is 0 Å². The summed E-state index contributed by atoms with van der Waals surface area (Å²) in [5.74, 6) is 0.332. The molecule has 0 atom stereocenters. The first-order valence-corrected chi connectivity index (χ1v) is 5.40. The zero-order valence-corrected chi connectivity index (χ0v) is 9.66. The number of benzene rings is 1. The lowest BCUT2D eigenvalue weighted by Gasteiger charge is -2.08. The Labute approximate surface area is 96.1 Å². The summed E-state index contributed by atoms with van der Waals surface area (Å²) in [6.45, 7) is 4.22. The number of nitrogens with one attached hydrogen (secondary N) is 1. The molecule has 0 aromatic heterocycles. The highest BCUT2D eigenvalue weighted by Crippen LogP contribution is 2.18.